The highest BCUT2D eigenvalue weighted by molar-refractivity contribution is 5.94. The molecule has 0 aliphatic rings. The Morgan fingerprint density at radius 1 is 1.00 bits per heavy atom. The zero-order chi connectivity index (χ0) is 19.4. The van der Waals surface area contributed by atoms with Gasteiger partial charge in [-0.05, 0) is 61.7 Å². The molecule has 5 nitrogen and oxygen atoms in total. The SMILES string of the molecule is CCNC(=O)c1ccc(CNC(=O)Cc2coc3cc(C)c(C)cc23)cc1. The number of carbonyl (C=O) groups excluding carboxylic acids is 2. The van der Waals surface area contributed by atoms with Crippen molar-refractivity contribution in [2.45, 2.75) is 33.7 Å². The fourth-order valence-corrected chi connectivity index (χ4v) is 2.95. The van der Waals surface area contributed by atoms with E-state index in [2.05, 4.69) is 23.6 Å². The molecule has 0 aliphatic carbocycles. The molecule has 1 aromatic heterocycles. The van der Waals surface area contributed by atoms with Gasteiger partial charge in [0.25, 0.3) is 5.91 Å². The first kappa shape index (κ1) is 18.7. The van der Waals surface area contributed by atoms with E-state index in [1.165, 1.54) is 11.1 Å². The van der Waals surface area contributed by atoms with E-state index in [1.807, 2.05) is 32.0 Å². The topological polar surface area (TPSA) is 71.3 Å². The van der Waals surface area contributed by atoms with Crippen LogP contribution in [0.2, 0.25) is 0 Å². The molecule has 2 N–H and O–H groups in total. The van der Waals surface area contributed by atoms with Crippen molar-refractivity contribution in [3.05, 3.63) is 70.5 Å². The lowest BCUT2D eigenvalue weighted by Gasteiger charge is -2.07. The third-order valence-electron chi connectivity index (χ3n) is 4.66. The smallest absolute Gasteiger partial charge is 0.251 e. The van der Waals surface area contributed by atoms with Crippen LogP contribution >= 0.6 is 0 Å². The fourth-order valence-electron chi connectivity index (χ4n) is 2.95. The van der Waals surface area contributed by atoms with Gasteiger partial charge >= 0.3 is 0 Å². The van der Waals surface area contributed by atoms with Crippen LogP contribution in [0.1, 0.15) is 39.5 Å². The van der Waals surface area contributed by atoms with Crippen LogP contribution < -0.4 is 10.6 Å². The van der Waals surface area contributed by atoms with Gasteiger partial charge in [-0.3, -0.25) is 9.59 Å². The van der Waals surface area contributed by atoms with Crippen molar-refractivity contribution in [3.63, 3.8) is 0 Å². The Hall–Kier alpha value is -3.08. The van der Waals surface area contributed by atoms with Gasteiger partial charge in [-0.1, -0.05) is 12.1 Å². The van der Waals surface area contributed by atoms with Crippen LogP contribution in [0.15, 0.2) is 47.1 Å². The first-order valence-corrected chi connectivity index (χ1v) is 9.09. The minimum Gasteiger partial charge on any atom is -0.464 e. The molecule has 1 heterocycles. The van der Waals surface area contributed by atoms with Gasteiger partial charge in [-0.25, -0.2) is 0 Å². The number of hydrogen-bond acceptors (Lipinski definition) is 3. The number of fused-ring (bicyclic) bond motifs is 1. The molecule has 0 aliphatic heterocycles. The highest BCUT2D eigenvalue weighted by atomic mass is 16.3. The Morgan fingerprint density at radius 3 is 2.41 bits per heavy atom. The maximum absolute atomic E-state index is 12.3. The summed E-state index contributed by atoms with van der Waals surface area (Å²) < 4.78 is 5.59. The summed E-state index contributed by atoms with van der Waals surface area (Å²) in [6, 6.07) is 11.3. The molecule has 0 unspecified atom stereocenters. The lowest BCUT2D eigenvalue weighted by molar-refractivity contribution is -0.120. The molecule has 0 atom stereocenters. The first-order valence-electron chi connectivity index (χ1n) is 9.09. The van der Waals surface area contributed by atoms with E-state index in [1.54, 1.807) is 18.4 Å². The number of nitrogens with one attached hydrogen (secondary N) is 2. The van der Waals surface area contributed by atoms with Gasteiger partial charge in [0.2, 0.25) is 5.91 Å². The number of furan rings is 1. The van der Waals surface area contributed by atoms with Crippen molar-refractivity contribution in [2.24, 2.45) is 0 Å². The summed E-state index contributed by atoms with van der Waals surface area (Å²) in [6.45, 7) is 6.99. The minimum atomic E-state index is -0.0922. The second kappa shape index (κ2) is 8.08. The monoisotopic (exact) mass is 364 g/mol. The number of hydrogen-bond donors (Lipinski definition) is 2. The van der Waals surface area contributed by atoms with Gasteiger partial charge in [-0.15, -0.1) is 0 Å². The van der Waals surface area contributed by atoms with Gasteiger partial charge in [0.1, 0.15) is 5.58 Å². The Balaban J connectivity index is 1.60. The molecule has 0 bridgehead atoms. The Labute approximate surface area is 158 Å². The molecule has 3 aromatic rings. The van der Waals surface area contributed by atoms with E-state index in [0.717, 1.165) is 22.1 Å². The zero-order valence-electron chi connectivity index (χ0n) is 15.9. The Morgan fingerprint density at radius 2 is 1.70 bits per heavy atom. The maximum Gasteiger partial charge on any atom is 0.251 e. The van der Waals surface area contributed by atoms with Crippen LogP contribution in [-0.4, -0.2) is 18.4 Å². The summed E-state index contributed by atoms with van der Waals surface area (Å²) in [7, 11) is 0. The normalized spacial score (nSPS) is 10.8. The van der Waals surface area contributed by atoms with Gasteiger partial charge in [0.15, 0.2) is 0 Å². The average molecular weight is 364 g/mol. The van der Waals surface area contributed by atoms with E-state index in [9.17, 15) is 9.59 Å². The van der Waals surface area contributed by atoms with Crippen molar-refractivity contribution >= 4 is 22.8 Å². The molecule has 0 saturated heterocycles. The van der Waals surface area contributed by atoms with Crippen LogP contribution in [-0.2, 0) is 17.8 Å². The molecule has 0 saturated carbocycles. The summed E-state index contributed by atoms with van der Waals surface area (Å²) in [6.07, 6.45) is 1.93. The van der Waals surface area contributed by atoms with Gasteiger partial charge in [0, 0.05) is 29.6 Å². The molecule has 140 valence electrons. The van der Waals surface area contributed by atoms with Crippen molar-refractivity contribution in [2.75, 3.05) is 6.54 Å². The molecule has 0 radical (unpaired) electrons. The number of benzene rings is 2. The number of rotatable bonds is 6. The predicted molar refractivity (Wildman–Crippen MR) is 106 cm³/mol. The molecular weight excluding hydrogens is 340 g/mol. The molecule has 0 fully saturated rings. The molecule has 2 amide bonds. The van der Waals surface area contributed by atoms with Crippen molar-refractivity contribution in [1.82, 2.24) is 10.6 Å². The molecular formula is C22H24N2O3. The second-order valence-corrected chi connectivity index (χ2v) is 6.70. The summed E-state index contributed by atoms with van der Waals surface area (Å²) >= 11 is 0. The van der Waals surface area contributed by atoms with Gasteiger partial charge in [0.05, 0.1) is 12.7 Å². The first-order chi connectivity index (χ1) is 13.0. The van der Waals surface area contributed by atoms with E-state index in [0.29, 0.717) is 18.7 Å². The van der Waals surface area contributed by atoms with E-state index in [4.69, 9.17) is 4.42 Å². The molecule has 5 heteroatoms. The number of carbonyl (C=O) groups is 2. The standard InChI is InChI=1S/C22H24N2O3/c1-4-23-22(26)17-7-5-16(6-8-17)12-24-21(25)11-18-13-27-20-10-15(3)14(2)9-19(18)20/h5-10,13H,4,11-12H2,1-3H3,(H,23,26)(H,24,25). The minimum absolute atomic E-state index is 0.0660. The summed E-state index contributed by atoms with van der Waals surface area (Å²) in [5.74, 6) is -0.158. The van der Waals surface area contributed by atoms with Crippen LogP contribution in [0.3, 0.4) is 0 Å². The number of amides is 2. The van der Waals surface area contributed by atoms with Gasteiger partial charge < -0.3 is 15.1 Å². The van der Waals surface area contributed by atoms with E-state index < -0.39 is 0 Å². The molecule has 27 heavy (non-hydrogen) atoms. The highest BCUT2D eigenvalue weighted by Crippen LogP contribution is 2.25. The largest absolute Gasteiger partial charge is 0.464 e. The lowest BCUT2D eigenvalue weighted by Crippen LogP contribution is -2.25. The summed E-state index contributed by atoms with van der Waals surface area (Å²) in [5, 5.41) is 6.67. The van der Waals surface area contributed by atoms with Crippen LogP contribution in [0.4, 0.5) is 0 Å². The molecule has 3 rings (SSSR count). The Kier molecular flexibility index (Phi) is 5.60. The number of aryl methyl sites for hydroxylation is 2. The maximum atomic E-state index is 12.3. The van der Waals surface area contributed by atoms with Crippen LogP contribution in [0.5, 0.6) is 0 Å². The third-order valence-corrected chi connectivity index (χ3v) is 4.66. The van der Waals surface area contributed by atoms with Crippen molar-refractivity contribution in [1.29, 1.82) is 0 Å². The highest BCUT2D eigenvalue weighted by Gasteiger charge is 2.12. The van der Waals surface area contributed by atoms with Crippen LogP contribution in [0.25, 0.3) is 11.0 Å². The second-order valence-electron chi connectivity index (χ2n) is 6.70. The lowest BCUT2D eigenvalue weighted by atomic mass is 10.0. The van der Waals surface area contributed by atoms with Crippen molar-refractivity contribution in [3.8, 4) is 0 Å². The average Bonchev–Trinajstić information content (AvgIpc) is 3.02. The Bertz CT molecular complexity index is 971. The fraction of sp³-hybridized carbons (Fsp3) is 0.273. The van der Waals surface area contributed by atoms with E-state index in [-0.39, 0.29) is 18.2 Å². The van der Waals surface area contributed by atoms with Crippen molar-refractivity contribution < 1.29 is 14.0 Å². The predicted octanol–water partition coefficient (Wildman–Crippen LogP) is 3.66. The van der Waals surface area contributed by atoms with E-state index >= 15 is 0 Å². The molecule has 0 spiro atoms. The summed E-state index contributed by atoms with van der Waals surface area (Å²) in [4.78, 5) is 24.1. The van der Waals surface area contributed by atoms with Crippen LogP contribution in [0, 0.1) is 13.8 Å². The molecule has 2 aromatic carbocycles. The summed E-state index contributed by atoms with van der Waals surface area (Å²) in [5.41, 5.74) is 5.60. The quantitative estimate of drug-likeness (QED) is 0.701. The van der Waals surface area contributed by atoms with Gasteiger partial charge in [-0.2, -0.15) is 0 Å². The zero-order valence-corrected chi connectivity index (χ0v) is 15.9. The third kappa shape index (κ3) is 4.37.